The predicted molar refractivity (Wildman–Crippen MR) is 59.5 cm³/mol. The van der Waals surface area contributed by atoms with Crippen molar-refractivity contribution in [2.24, 2.45) is 0 Å². The Kier molecular flexibility index (Phi) is 2.63. The summed E-state index contributed by atoms with van der Waals surface area (Å²) in [5.74, 6) is 0.000833. The summed E-state index contributed by atoms with van der Waals surface area (Å²) < 4.78 is 7.94. The molecule has 6 nitrogen and oxygen atoms in total. The third-order valence-corrected chi connectivity index (χ3v) is 3.30. The van der Waals surface area contributed by atoms with E-state index in [1.807, 2.05) is 6.92 Å². The lowest BCUT2D eigenvalue weighted by molar-refractivity contribution is -0.122. The number of rotatable bonds is 1. The summed E-state index contributed by atoms with van der Waals surface area (Å²) in [4.78, 5) is 26.9. The van der Waals surface area contributed by atoms with Crippen LogP contribution in [-0.2, 0) is 4.79 Å². The van der Waals surface area contributed by atoms with E-state index in [0.717, 1.165) is 11.7 Å². The van der Waals surface area contributed by atoms with Crippen LogP contribution in [0, 0.1) is 0 Å². The van der Waals surface area contributed by atoms with Gasteiger partial charge in [-0.2, -0.15) is 8.75 Å². The van der Waals surface area contributed by atoms with Gasteiger partial charge in [-0.05, 0) is 6.42 Å². The normalized spacial score (nSPS) is 21.1. The highest BCUT2D eigenvalue weighted by Crippen LogP contribution is 2.24. The van der Waals surface area contributed by atoms with Crippen molar-refractivity contribution in [1.82, 2.24) is 13.6 Å². The van der Waals surface area contributed by atoms with Crippen LogP contribution in [0.2, 0.25) is 0 Å². The van der Waals surface area contributed by atoms with Crippen LogP contribution in [-0.4, -0.2) is 45.6 Å². The maximum Gasteiger partial charge on any atom is 0.277 e. The highest BCUT2D eigenvalue weighted by molar-refractivity contribution is 6.99. The molecule has 7 heteroatoms. The van der Waals surface area contributed by atoms with Gasteiger partial charge < -0.3 is 4.90 Å². The van der Waals surface area contributed by atoms with Crippen molar-refractivity contribution in [2.45, 2.75) is 19.4 Å². The lowest BCUT2D eigenvalue weighted by atomic mass is 10.2. The van der Waals surface area contributed by atoms with Crippen LogP contribution in [0.4, 0.5) is 5.82 Å². The van der Waals surface area contributed by atoms with E-state index in [2.05, 4.69) is 8.75 Å². The highest BCUT2D eigenvalue weighted by atomic mass is 32.1. The molecule has 0 fully saturated rings. The number of hydrogen-bond acceptors (Lipinski definition) is 5. The molecule has 1 aliphatic heterocycles. The van der Waals surface area contributed by atoms with E-state index in [0.29, 0.717) is 12.2 Å². The van der Waals surface area contributed by atoms with Gasteiger partial charge in [0, 0.05) is 14.1 Å². The Balaban J connectivity index is 2.53. The summed E-state index contributed by atoms with van der Waals surface area (Å²) in [5, 5.41) is 0. The third kappa shape index (κ3) is 1.39. The molecule has 16 heavy (non-hydrogen) atoms. The van der Waals surface area contributed by atoms with Gasteiger partial charge >= 0.3 is 0 Å². The van der Waals surface area contributed by atoms with Gasteiger partial charge in [0.1, 0.15) is 6.04 Å². The summed E-state index contributed by atoms with van der Waals surface area (Å²) in [7, 11) is 3.24. The summed E-state index contributed by atoms with van der Waals surface area (Å²) in [6, 6.07) is -0.432. The van der Waals surface area contributed by atoms with Gasteiger partial charge in [0.05, 0.1) is 11.7 Å². The van der Waals surface area contributed by atoms with Gasteiger partial charge in [-0.1, -0.05) is 6.92 Å². The molecule has 0 spiro atoms. The van der Waals surface area contributed by atoms with Crippen molar-refractivity contribution in [1.29, 1.82) is 0 Å². The Hall–Kier alpha value is -1.50. The maximum atomic E-state index is 12.1. The second-order valence-electron chi connectivity index (χ2n) is 3.67. The number of anilines is 1. The molecule has 1 aromatic heterocycles. The second-order valence-corrected chi connectivity index (χ2v) is 4.20. The van der Waals surface area contributed by atoms with E-state index in [1.165, 1.54) is 9.80 Å². The molecule has 0 aliphatic carbocycles. The Morgan fingerprint density at radius 2 is 2.00 bits per heavy atom. The molecule has 1 aliphatic rings. The number of fused-ring (bicyclic) bond motifs is 1. The first-order chi connectivity index (χ1) is 7.57. The molecular formula is C9H12N4O2S. The average molecular weight is 240 g/mol. The van der Waals surface area contributed by atoms with Crippen molar-refractivity contribution in [2.75, 3.05) is 19.0 Å². The lowest BCUT2D eigenvalue weighted by Crippen LogP contribution is -2.45. The lowest BCUT2D eigenvalue weighted by Gasteiger charge is -2.24. The van der Waals surface area contributed by atoms with Gasteiger partial charge in [-0.25, -0.2) is 0 Å². The monoisotopic (exact) mass is 240 g/mol. The molecule has 0 aromatic carbocycles. The number of amides is 2. The average Bonchev–Trinajstić information content (AvgIpc) is 2.73. The Bertz CT molecular complexity index is 444. The zero-order valence-electron chi connectivity index (χ0n) is 9.30. The molecule has 2 rings (SSSR count). The highest BCUT2D eigenvalue weighted by Gasteiger charge is 2.37. The van der Waals surface area contributed by atoms with Crippen LogP contribution in [0.15, 0.2) is 0 Å². The summed E-state index contributed by atoms with van der Waals surface area (Å²) in [6.45, 7) is 1.87. The van der Waals surface area contributed by atoms with E-state index in [-0.39, 0.29) is 17.5 Å². The molecule has 0 N–H and O–H groups in total. The molecule has 0 saturated carbocycles. The second kappa shape index (κ2) is 3.82. The van der Waals surface area contributed by atoms with Crippen LogP contribution in [0.25, 0.3) is 0 Å². The summed E-state index contributed by atoms with van der Waals surface area (Å²) in [6.07, 6.45) is 0.582. The molecule has 86 valence electrons. The van der Waals surface area contributed by atoms with Crippen LogP contribution in [0.3, 0.4) is 0 Å². The molecule has 0 saturated heterocycles. The first-order valence-corrected chi connectivity index (χ1v) is 5.68. The molecule has 2 amide bonds. The Morgan fingerprint density at radius 3 is 2.62 bits per heavy atom. The van der Waals surface area contributed by atoms with Gasteiger partial charge in [0.25, 0.3) is 11.8 Å². The fourth-order valence-electron chi connectivity index (χ4n) is 1.79. The summed E-state index contributed by atoms with van der Waals surface area (Å²) >= 11 is 0.944. The van der Waals surface area contributed by atoms with Crippen molar-refractivity contribution in [3.63, 3.8) is 0 Å². The van der Waals surface area contributed by atoms with Gasteiger partial charge in [0.2, 0.25) is 0 Å². The summed E-state index contributed by atoms with van der Waals surface area (Å²) in [5.41, 5.74) is 0.263. The smallest absolute Gasteiger partial charge is 0.277 e. The Labute approximate surface area is 97.2 Å². The molecule has 1 aromatic rings. The minimum absolute atomic E-state index is 0.121. The standard InChI is InChI=1S/C9H12N4O2S/c1-4-5-8(14)13(3)7-6(10-16-11-7)9(15)12(5)2/h5H,4H2,1-3H3. The first kappa shape index (κ1) is 11.0. The number of nitrogens with zero attached hydrogens (tertiary/aromatic N) is 4. The zero-order chi connectivity index (χ0) is 11.9. The van der Waals surface area contributed by atoms with Gasteiger partial charge in [0.15, 0.2) is 11.5 Å². The fourth-order valence-corrected chi connectivity index (χ4v) is 2.36. The minimum Gasteiger partial charge on any atom is -0.328 e. The number of carbonyl (C=O) groups is 2. The molecule has 1 unspecified atom stereocenters. The number of hydrogen-bond donors (Lipinski definition) is 0. The zero-order valence-corrected chi connectivity index (χ0v) is 10.1. The van der Waals surface area contributed by atoms with Gasteiger partial charge in [-0.15, -0.1) is 0 Å². The topological polar surface area (TPSA) is 66.4 Å². The van der Waals surface area contributed by atoms with E-state index in [1.54, 1.807) is 14.1 Å². The number of carbonyl (C=O) groups excluding carboxylic acids is 2. The van der Waals surface area contributed by atoms with Crippen LogP contribution in [0.1, 0.15) is 23.8 Å². The molecule has 1 atom stereocenters. The third-order valence-electron chi connectivity index (χ3n) is 2.78. The van der Waals surface area contributed by atoms with Crippen LogP contribution < -0.4 is 4.90 Å². The van der Waals surface area contributed by atoms with E-state index >= 15 is 0 Å². The Morgan fingerprint density at radius 1 is 1.31 bits per heavy atom. The van der Waals surface area contributed by atoms with Crippen LogP contribution >= 0.6 is 11.7 Å². The first-order valence-electron chi connectivity index (χ1n) is 4.95. The van der Waals surface area contributed by atoms with Crippen LogP contribution in [0.5, 0.6) is 0 Å². The van der Waals surface area contributed by atoms with Crippen molar-refractivity contribution < 1.29 is 9.59 Å². The molecule has 2 heterocycles. The van der Waals surface area contributed by atoms with Crippen molar-refractivity contribution in [3.8, 4) is 0 Å². The number of likely N-dealkylation sites (N-methyl/N-ethyl adjacent to an activating group) is 2. The maximum absolute atomic E-state index is 12.1. The van der Waals surface area contributed by atoms with Gasteiger partial charge in [-0.3, -0.25) is 14.5 Å². The quantitative estimate of drug-likeness (QED) is 0.711. The SMILES string of the molecule is CCC1C(=O)N(C)c2nsnc2C(=O)N1C. The van der Waals surface area contributed by atoms with Crippen molar-refractivity contribution in [3.05, 3.63) is 5.69 Å². The van der Waals surface area contributed by atoms with Crippen molar-refractivity contribution >= 4 is 29.4 Å². The largest absolute Gasteiger partial charge is 0.328 e. The predicted octanol–water partition coefficient (Wildman–Crippen LogP) is 0.365. The molecular weight excluding hydrogens is 228 g/mol. The van der Waals surface area contributed by atoms with E-state index in [9.17, 15) is 9.59 Å². The van der Waals surface area contributed by atoms with E-state index < -0.39 is 6.04 Å². The fraction of sp³-hybridized carbons (Fsp3) is 0.556. The minimum atomic E-state index is -0.432. The van der Waals surface area contributed by atoms with E-state index in [4.69, 9.17) is 0 Å². The molecule has 0 bridgehead atoms. The number of aromatic nitrogens is 2. The molecule has 0 radical (unpaired) electrons.